The van der Waals surface area contributed by atoms with Gasteiger partial charge in [0, 0.05) is 22.4 Å². The second kappa shape index (κ2) is 7.85. The summed E-state index contributed by atoms with van der Waals surface area (Å²) in [7, 11) is 0. The fourth-order valence-corrected chi connectivity index (χ4v) is 3.28. The highest BCUT2D eigenvalue weighted by atomic mass is 35.5. The Morgan fingerprint density at radius 3 is 2.81 bits per heavy atom. The summed E-state index contributed by atoms with van der Waals surface area (Å²) in [6.07, 6.45) is 1.94. The number of nitrogens with one attached hydrogen (secondary N) is 1. The molecular weight excluding hydrogens is 374 g/mol. The molecule has 7 heteroatoms. The number of carbonyl (C=O) groups excluding carboxylic acids is 1. The molecule has 0 radical (unpaired) electrons. The average Bonchev–Trinajstić information content (AvgIpc) is 2.61. The van der Waals surface area contributed by atoms with Crippen LogP contribution in [0.25, 0.3) is 11.0 Å². The van der Waals surface area contributed by atoms with Crippen molar-refractivity contribution in [2.75, 3.05) is 18.2 Å². The van der Waals surface area contributed by atoms with Gasteiger partial charge in [-0.15, -0.1) is 11.8 Å². The van der Waals surface area contributed by atoms with Crippen molar-refractivity contribution < 1.29 is 13.9 Å². The molecule has 134 valence electrons. The molecule has 0 aliphatic heterocycles. The molecule has 1 N–H and O–H groups in total. The molecule has 0 bridgehead atoms. The highest BCUT2D eigenvalue weighted by molar-refractivity contribution is 7.98. The number of para-hydroxylation sites is 1. The Hall–Kier alpha value is -2.44. The van der Waals surface area contributed by atoms with E-state index in [2.05, 4.69) is 5.32 Å². The van der Waals surface area contributed by atoms with Crippen LogP contribution >= 0.6 is 23.4 Å². The van der Waals surface area contributed by atoms with Gasteiger partial charge >= 0.3 is 5.63 Å². The molecule has 0 saturated heterocycles. The molecule has 0 fully saturated rings. The minimum Gasteiger partial charge on any atom is -0.482 e. The van der Waals surface area contributed by atoms with Crippen molar-refractivity contribution in [1.82, 2.24) is 0 Å². The van der Waals surface area contributed by atoms with E-state index < -0.39 is 5.63 Å². The Labute approximate surface area is 159 Å². The van der Waals surface area contributed by atoms with Crippen LogP contribution in [0.2, 0.25) is 5.02 Å². The molecule has 2 aromatic carbocycles. The topological polar surface area (TPSA) is 68.5 Å². The molecular formula is C19H16ClNO4S. The van der Waals surface area contributed by atoms with Crippen molar-refractivity contribution in [2.24, 2.45) is 0 Å². The standard InChI is InChI=1S/C19H16ClNO4S/c1-11-7-19(23)25-15-9-16(13(20)8-12(11)15)24-10-18(22)21-14-5-3-4-6-17(14)26-2/h3-9H,10H2,1-2H3,(H,21,22). The highest BCUT2D eigenvalue weighted by Gasteiger charge is 2.12. The van der Waals surface area contributed by atoms with Crippen LogP contribution < -0.4 is 15.7 Å². The first-order chi connectivity index (χ1) is 12.5. The molecule has 26 heavy (non-hydrogen) atoms. The maximum atomic E-state index is 12.2. The van der Waals surface area contributed by atoms with Gasteiger partial charge in [-0.2, -0.15) is 0 Å². The van der Waals surface area contributed by atoms with E-state index in [1.54, 1.807) is 13.0 Å². The molecule has 3 rings (SSSR count). The van der Waals surface area contributed by atoms with E-state index in [0.717, 1.165) is 21.5 Å². The normalized spacial score (nSPS) is 10.7. The van der Waals surface area contributed by atoms with Gasteiger partial charge in [0.1, 0.15) is 11.3 Å². The zero-order valence-corrected chi connectivity index (χ0v) is 15.7. The van der Waals surface area contributed by atoms with Gasteiger partial charge in [0.05, 0.1) is 10.7 Å². The van der Waals surface area contributed by atoms with Crippen LogP contribution in [0, 0.1) is 6.92 Å². The van der Waals surface area contributed by atoms with E-state index in [0.29, 0.717) is 10.6 Å². The third-order valence-corrected chi connectivity index (χ3v) is 4.83. The molecule has 1 aromatic heterocycles. The first-order valence-electron chi connectivity index (χ1n) is 7.77. The number of amides is 1. The van der Waals surface area contributed by atoms with Crippen LogP contribution in [0.15, 0.2) is 56.6 Å². The van der Waals surface area contributed by atoms with Crippen LogP contribution in [-0.2, 0) is 4.79 Å². The summed E-state index contributed by atoms with van der Waals surface area (Å²) in [6, 6.07) is 12.1. The van der Waals surface area contributed by atoms with E-state index in [1.807, 2.05) is 30.5 Å². The van der Waals surface area contributed by atoms with E-state index in [9.17, 15) is 9.59 Å². The maximum Gasteiger partial charge on any atom is 0.336 e. The molecule has 3 aromatic rings. The second-order valence-corrected chi connectivity index (χ2v) is 6.82. The molecule has 0 unspecified atom stereocenters. The quantitative estimate of drug-likeness (QED) is 0.514. The summed E-state index contributed by atoms with van der Waals surface area (Å²) in [4.78, 5) is 24.7. The van der Waals surface area contributed by atoms with Crippen LogP contribution in [-0.4, -0.2) is 18.8 Å². The third kappa shape index (κ3) is 4.03. The summed E-state index contributed by atoms with van der Waals surface area (Å²) in [5.74, 6) is -0.0328. The molecule has 0 spiro atoms. The number of thioether (sulfide) groups is 1. The largest absolute Gasteiger partial charge is 0.482 e. The Morgan fingerprint density at radius 1 is 1.27 bits per heavy atom. The van der Waals surface area contributed by atoms with Gasteiger partial charge in [-0.1, -0.05) is 23.7 Å². The fourth-order valence-electron chi connectivity index (χ4n) is 2.51. The number of aryl methyl sites for hydroxylation is 1. The number of anilines is 1. The van der Waals surface area contributed by atoms with Gasteiger partial charge < -0.3 is 14.5 Å². The smallest absolute Gasteiger partial charge is 0.336 e. The molecule has 1 amide bonds. The number of rotatable bonds is 5. The Balaban J connectivity index is 1.76. The second-order valence-electron chi connectivity index (χ2n) is 5.56. The van der Waals surface area contributed by atoms with Gasteiger partial charge in [-0.05, 0) is 36.9 Å². The van der Waals surface area contributed by atoms with Crippen molar-refractivity contribution in [3.63, 3.8) is 0 Å². The molecule has 5 nitrogen and oxygen atoms in total. The lowest BCUT2D eigenvalue weighted by Crippen LogP contribution is -2.20. The lowest BCUT2D eigenvalue weighted by atomic mass is 10.1. The van der Waals surface area contributed by atoms with Crippen molar-refractivity contribution in [3.8, 4) is 5.75 Å². The Kier molecular flexibility index (Phi) is 5.54. The van der Waals surface area contributed by atoms with E-state index in [-0.39, 0.29) is 18.3 Å². The minimum absolute atomic E-state index is 0.218. The maximum absolute atomic E-state index is 12.2. The van der Waals surface area contributed by atoms with Gasteiger partial charge in [0.25, 0.3) is 5.91 Å². The van der Waals surface area contributed by atoms with Crippen LogP contribution in [0.5, 0.6) is 5.75 Å². The Morgan fingerprint density at radius 2 is 2.04 bits per heavy atom. The summed E-state index contributed by atoms with van der Waals surface area (Å²) in [5, 5.41) is 3.87. The summed E-state index contributed by atoms with van der Waals surface area (Å²) in [5.41, 5.74) is 1.40. The van der Waals surface area contributed by atoms with Gasteiger partial charge in [0.15, 0.2) is 6.61 Å². The lowest BCUT2D eigenvalue weighted by Gasteiger charge is -2.11. The lowest BCUT2D eigenvalue weighted by molar-refractivity contribution is -0.118. The van der Waals surface area contributed by atoms with E-state index >= 15 is 0 Å². The molecule has 0 saturated carbocycles. The molecule has 1 heterocycles. The number of fused-ring (bicyclic) bond motifs is 1. The zero-order valence-electron chi connectivity index (χ0n) is 14.2. The third-order valence-electron chi connectivity index (χ3n) is 3.74. The van der Waals surface area contributed by atoms with Gasteiger partial charge in [0.2, 0.25) is 0 Å². The summed E-state index contributed by atoms with van der Waals surface area (Å²) in [6.45, 7) is 1.58. The zero-order chi connectivity index (χ0) is 18.7. The molecule has 0 aliphatic carbocycles. The highest BCUT2D eigenvalue weighted by Crippen LogP contribution is 2.31. The Bertz CT molecular complexity index is 1030. The fraction of sp³-hybridized carbons (Fsp3) is 0.158. The number of ether oxygens (including phenoxy) is 1. The molecule has 0 atom stereocenters. The first-order valence-corrected chi connectivity index (χ1v) is 9.38. The predicted octanol–water partition coefficient (Wildman–Crippen LogP) is 4.49. The van der Waals surface area contributed by atoms with Crippen LogP contribution in [0.1, 0.15) is 5.56 Å². The average molecular weight is 390 g/mol. The summed E-state index contributed by atoms with van der Waals surface area (Å²) < 4.78 is 10.7. The van der Waals surface area contributed by atoms with Crippen LogP contribution in [0.4, 0.5) is 5.69 Å². The number of carbonyl (C=O) groups is 1. The van der Waals surface area contributed by atoms with Gasteiger partial charge in [-0.25, -0.2) is 4.79 Å². The van der Waals surface area contributed by atoms with Crippen molar-refractivity contribution in [3.05, 3.63) is 63.5 Å². The van der Waals surface area contributed by atoms with Crippen molar-refractivity contribution >= 4 is 45.9 Å². The minimum atomic E-state index is -0.449. The van der Waals surface area contributed by atoms with Crippen molar-refractivity contribution in [1.29, 1.82) is 0 Å². The van der Waals surface area contributed by atoms with E-state index in [4.69, 9.17) is 20.8 Å². The number of hydrogen-bond donors (Lipinski definition) is 1. The van der Waals surface area contributed by atoms with Crippen molar-refractivity contribution in [2.45, 2.75) is 11.8 Å². The van der Waals surface area contributed by atoms with E-state index in [1.165, 1.54) is 23.9 Å². The van der Waals surface area contributed by atoms with Crippen LogP contribution in [0.3, 0.4) is 0 Å². The number of halogens is 1. The first kappa shape index (κ1) is 18.4. The van der Waals surface area contributed by atoms with Gasteiger partial charge in [-0.3, -0.25) is 4.79 Å². The summed E-state index contributed by atoms with van der Waals surface area (Å²) >= 11 is 7.77. The predicted molar refractivity (Wildman–Crippen MR) is 105 cm³/mol. The molecule has 0 aliphatic rings. The SMILES string of the molecule is CSc1ccccc1NC(=O)COc1cc2oc(=O)cc(C)c2cc1Cl. The number of benzene rings is 2. The number of hydrogen-bond acceptors (Lipinski definition) is 5. The monoisotopic (exact) mass is 389 g/mol.